The standard InChI is InChI=1S/C21H15ClF2N2O5S/c22-16-9-12(10-19-20(16)31-8-7-30-19)21(27)25-13-1-3-14(4-2-13)26-32(28,29)15-5-6-17(23)18(24)11-15/h1-6,9-11,26H,7-8H2,(H,25,27). The Morgan fingerprint density at radius 1 is 0.906 bits per heavy atom. The first-order chi connectivity index (χ1) is 15.2. The predicted molar refractivity (Wildman–Crippen MR) is 114 cm³/mol. The summed E-state index contributed by atoms with van der Waals surface area (Å²) in [7, 11) is -4.13. The molecule has 7 nitrogen and oxygen atoms in total. The van der Waals surface area contributed by atoms with E-state index in [2.05, 4.69) is 10.0 Å². The van der Waals surface area contributed by atoms with Crippen LogP contribution in [-0.2, 0) is 10.0 Å². The fourth-order valence-electron chi connectivity index (χ4n) is 2.92. The predicted octanol–water partition coefficient (Wildman–Crippen LogP) is 4.44. The first-order valence-electron chi connectivity index (χ1n) is 9.21. The van der Waals surface area contributed by atoms with Gasteiger partial charge in [0.2, 0.25) is 0 Å². The number of ether oxygens (including phenoxy) is 2. The molecule has 0 aromatic heterocycles. The number of fused-ring (bicyclic) bond motifs is 1. The van der Waals surface area contributed by atoms with Crippen LogP contribution in [0.15, 0.2) is 59.5 Å². The first-order valence-corrected chi connectivity index (χ1v) is 11.1. The summed E-state index contributed by atoms with van der Waals surface area (Å²) < 4.78 is 64.2. The number of carbonyl (C=O) groups excluding carboxylic acids is 1. The molecule has 1 heterocycles. The monoisotopic (exact) mass is 480 g/mol. The number of carbonyl (C=O) groups is 1. The molecule has 1 aliphatic rings. The number of benzene rings is 3. The molecule has 1 aliphatic heterocycles. The Bertz CT molecular complexity index is 1300. The Morgan fingerprint density at radius 2 is 1.59 bits per heavy atom. The number of rotatable bonds is 5. The summed E-state index contributed by atoms with van der Waals surface area (Å²) in [6.07, 6.45) is 0. The highest BCUT2D eigenvalue weighted by atomic mass is 35.5. The SMILES string of the molecule is O=C(Nc1ccc(NS(=O)(=O)c2ccc(F)c(F)c2)cc1)c1cc(Cl)c2c(c1)OCCO2. The van der Waals surface area contributed by atoms with Crippen molar-refractivity contribution in [3.63, 3.8) is 0 Å². The van der Waals surface area contributed by atoms with Crippen molar-refractivity contribution in [3.05, 3.63) is 76.8 Å². The van der Waals surface area contributed by atoms with Gasteiger partial charge >= 0.3 is 0 Å². The highest BCUT2D eigenvalue weighted by Crippen LogP contribution is 2.38. The maximum absolute atomic E-state index is 13.4. The topological polar surface area (TPSA) is 93.7 Å². The van der Waals surface area contributed by atoms with Gasteiger partial charge in [-0.1, -0.05) is 11.6 Å². The minimum absolute atomic E-state index is 0.162. The molecule has 11 heteroatoms. The molecule has 0 fully saturated rings. The highest BCUT2D eigenvalue weighted by Gasteiger charge is 2.20. The normalized spacial score (nSPS) is 12.8. The summed E-state index contributed by atoms with van der Waals surface area (Å²) in [5, 5.41) is 2.91. The molecule has 3 aromatic carbocycles. The summed E-state index contributed by atoms with van der Waals surface area (Å²) >= 11 is 6.15. The molecule has 2 N–H and O–H groups in total. The van der Waals surface area contributed by atoms with E-state index in [4.69, 9.17) is 21.1 Å². The van der Waals surface area contributed by atoms with Crippen LogP contribution in [0.25, 0.3) is 0 Å². The zero-order valence-corrected chi connectivity index (χ0v) is 17.8. The van der Waals surface area contributed by atoms with Crippen LogP contribution in [-0.4, -0.2) is 27.5 Å². The third-order valence-corrected chi connectivity index (χ3v) is 6.12. The fourth-order valence-corrected chi connectivity index (χ4v) is 4.26. The summed E-state index contributed by atoms with van der Waals surface area (Å²) in [6.45, 7) is 0.709. The number of halogens is 3. The third kappa shape index (κ3) is 4.61. The lowest BCUT2D eigenvalue weighted by molar-refractivity contribution is 0.102. The number of amides is 1. The largest absolute Gasteiger partial charge is 0.486 e. The average Bonchev–Trinajstić information content (AvgIpc) is 2.76. The molecular formula is C21H15ClF2N2O5S. The van der Waals surface area contributed by atoms with E-state index in [9.17, 15) is 22.0 Å². The van der Waals surface area contributed by atoms with Gasteiger partial charge in [-0.3, -0.25) is 9.52 Å². The minimum Gasteiger partial charge on any atom is -0.486 e. The van der Waals surface area contributed by atoms with Crippen molar-refractivity contribution in [1.29, 1.82) is 0 Å². The number of anilines is 2. The number of nitrogens with one attached hydrogen (secondary N) is 2. The minimum atomic E-state index is -4.13. The summed E-state index contributed by atoms with van der Waals surface area (Å²) in [6, 6.07) is 11.0. The number of hydrogen-bond acceptors (Lipinski definition) is 5. The molecule has 0 spiro atoms. The van der Waals surface area contributed by atoms with E-state index in [-0.39, 0.29) is 16.3 Å². The molecule has 0 saturated carbocycles. The first kappa shape index (κ1) is 21.8. The van der Waals surface area contributed by atoms with Crippen molar-refractivity contribution in [1.82, 2.24) is 0 Å². The van der Waals surface area contributed by atoms with Crippen molar-refractivity contribution < 1.29 is 31.5 Å². The summed E-state index contributed by atoms with van der Waals surface area (Å²) in [5.74, 6) is -2.13. The quantitative estimate of drug-likeness (QED) is 0.563. The van der Waals surface area contributed by atoms with Gasteiger partial charge in [-0.15, -0.1) is 0 Å². The second-order valence-electron chi connectivity index (χ2n) is 6.70. The lowest BCUT2D eigenvalue weighted by Crippen LogP contribution is -2.17. The van der Waals surface area contributed by atoms with Crippen LogP contribution >= 0.6 is 11.6 Å². The smallest absolute Gasteiger partial charge is 0.261 e. The van der Waals surface area contributed by atoms with Crippen LogP contribution in [0.2, 0.25) is 5.02 Å². The lowest BCUT2D eigenvalue weighted by atomic mass is 10.1. The lowest BCUT2D eigenvalue weighted by Gasteiger charge is -2.20. The van der Waals surface area contributed by atoms with E-state index in [1.165, 1.54) is 36.4 Å². The van der Waals surface area contributed by atoms with Crippen molar-refractivity contribution in [2.24, 2.45) is 0 Å². The third-order valence-electron chi connectivity index (χ3n) is 4.46. The highest BCUT2D eigenvalue weighted by molar-refractivity contribution is 7.92. The fraction of sp³-hybridized carbons (Fsp3) is 0.0952. The Hall–Kier alpha value is -3.37. The zero-order chi connectivity index (χ0) is 22.9. The van der Waals surface area contributed by atoms with E-state index in [1.807, 2.05) is 0 Å². The van der Waals surface area contributed by atoms with E-state index in [0.29, 0.717) is 36.5 Å². The molecule has 0 atom stereocenters. The Kier molecular flexibility index (Phi) is 5.90. The molecule has 0 unspecified atom stereocenters. The molecule has 32 heavy (non-hydrogen) atoms. The second-order valence-corrected chi connectivity index (χ2v) is 8.78. The van der Waals surface area contributed by atoms with Crippen LogP contribution < -0.4 is 19.5 Å². The van der Waals surface area contributed by atoms with Gasteiger partial charge in [0.15, 0.2) is 23.1 Å². The van der Waals surface area contributed by atoms with Crippen molar-refractivity contribution in [2.75, 3.05) is 23.3 Å². The second kappa shape index (κ2) is 8.64. The van der Waals surface area contributed by atoms with Gasteiger partial charge in [-0.25, -0.2) is 17.2 Å². The van der Waals surface area contributed by atoms with Gasteiger partial charge in [-0.2, -0.15) is 0 Å². The molecular weight excluding hydrogens is 466 g/mol. The van der Waals surface area contributed by atoms with Crippen LogP contribution in [0.1, 0.15) is 10.4 Å². The summed E-state index contributed by atoms with van der Waals surface area (Å²) in [5.41, 5.74) is 0.800. The van der Waals surface area contributed by atoms with Gasteiger partial charge < -0.3 is 14.8 Å². The molecule has 1 amide bonds. The molecule has 0 bridgehead atoms. The molecule has 0 aliphatic carbocycles. The van der Waals surface area contributed by atoms with Crippen molar-refractivity contribution >= 4 is 38.9 Å². The van der Waals surface area contributed by atoms with Gasteiger partial charge in [0, 0.05) is 16.9 Å². The van der Waals surface area contributed by atoms with E-state index in [1.54, 1.807) is 0 Å². The molecule has 3 aromatic rings. The van der Waals surface area contributed by atoms with Gasteiger partial charge in [0.25, 0.3) is 15.9 Å². The Balaban J connectivity index is 1.46. The molecule has 0 saturated heterocycles. The Labute approximate surface area is 187 Å². The number of sulfonamides is 1. The Morgan fingerprint density at radius 3 is 2.31 bits per heavy atom. The van der Waals surface area contributed by atoms with Gasteiger partial charge in [0.1, 0.15) is 13.2 Å². The van der Waals surface area contributed by atoms with Crippen molar-refractivity contribution in [3.8, 4) is 11.5 Å². The van der Waals surface area contributed by atoms with E-state index < -0.39 is 32.5 Å². The average molecular weight is 481 g/mol. The van der Waals surface area contributed by atoms with Crippen molar-refractivity contribution in [2.45, 2.75) is 4.90 Å². The van der Waals surface area contributed by atoms with Gasteiger partial charge in [0.05, 0.1) is 9.92 Å². The van der Waals surface area contributed by atoms with Crippen LogP contribution in [0.3, 0.4) is 0 Å². The van der Waals surface area contributed by atoms with Crippen LogP contribution in [0, 0.1) is 11.6 Å². The van der Waals surface area contributed by atoms with Crippen LogP contribution in [0.5, 0.6) is 11.5 Å². The zero-order valence-electron chi connectivity index (χ0n) is 16.2. The van der Waals surface area contributed by atoms with E-state index >= 15 is 0 Å². The molecule has 166 valence electrons. The number of hydrogen-bond donors (Lipinski definition) is 2. The summed E-state index contributed by atoms with van der Waals surface area (Å²) in [4.78, 5) is 12.1. The van der Waals surface area contributed by atoms with E-state index in [0.717, 1.165) is 12.1 Å². The van der Waals surface area contributed by atoms with Gasteiger partial charge in [-0.05, 0) is 54.6 Å². The maximum Gasteiger partial charge on any atom is 0.261 e. The van der Waals surface area contributed by atoms with Crippen LogP contribution in [0.4, 0.5) is 20.2 Å². The molecule has 4 rings (SSSR count). The molecule has 0 radical (unpaired) electrons. The maximum atomic E-state index is 13.4.